The number of benzene rings is 1. The van der Waals surface area contributed by atoms with Gasteiger partial charge in [-0.1, -0.05) is 13.0 Å². The summed E-state index contributed by atoms with van der Waals surface area (Å²) in [7, 11) is 1.51. The fourth-order valence-electron chi connectivity index (χ4n) is 4.21. The second-order valence-corrected chi connectivity index (χ2v) is 8.82. The third-order valence-electron chi connectivity index (χ3n) is 6.35. The summed E-state index contributed by atoms with van der Waals surface area (Å²) in [4.78, 5) is 29.7. The maximum atomic E-state index is 14.7. The normalized spacial score (nSPS) is 15.2. The van der Waals surface area contributed by atoms with Gasteiger partial charge >= 0.3 is 0 Å². The van der Waals surface area contributed by atoms with Crippen LogP contribution in [0.3, 0.4) is 0 Å². The molecule has 3 aromatic heterocycles. The molecule has 4 aromatic rings. The van der Waals surface area contributed by atoms with Gasteiger partial charge in [0, 0.05) is 48.9 Å². The zero-order chi connectivity index (χ0) is 25.3. The van der Waals surface area contributed by atoms with Crippen LogP contribution in [0, 0.1) is 5.82 Å². The van der Waals surface area contributed by atoms with Crippen LogP contribution in [-0.2, 0) is 10.3 Å². The maximum Gasteiger partial charge on any atom is 0.251 e. The molecule has 9 nitrogen and oxygen atoms in total. The zero-order valence-electron chi connectivity index (χ0n) is 19.8. The van der Waals surface area contributed by atoms with E-state index in [0.717, 1.165) is 11.1 Å². The third kappa shape index (κ3) is 4.36. The first kappa shape index (κ1) is 23.7. The first-order chi connectivity index (χ1) is 17.4. The van der Waals surface area contributed by atoms with Crippen molar-refractivity contribution in [3.8, 4) is 11.3 Å². The van der Waals surface area contributed by atoms with Gasteiger partial charge in [-0.2, -0.15) is 0 Å². The summed E-state index contributed by atoms with van der Waals surface area (Å²) in [5.74, 6) is -0.300. The molecular weight excluding hydrogens is 463 g/mol. The number of anilines is 1. The van der Waals surface area contributed by atoms with E-state index in [0.29, 0.717) is 29.3 Å². The Morgan fingerprint density at radius 2 is 2.00 bits per heavy atom. The Morgan fingerprint density at radius 3 is 2.69 bits per heavy atom. The summed E-state index contributed by atoms with van der Waals surface area (Å²) in [5.41, 5.74) is 2.54. The smallest absolute Gasteiger partial charge is 0.251 e. The van der Waals surface area contributed by atoms with Crippen molar-refractivity contribution in [2.24, 2.45) is 0 Å². The van der Waals surface area contributed by atoms with Gasteiger partial charge in [-0.15, -0.1) is 0 Å². The summed E-state index contributed by atoms with van der Waals surface area (Å²) < 4.78 is 19.8. The van der Waals surface area contributed by atoms with E-state index >= 15 is 0 Å². The summed E-state index contributed by atoms with van der Waals surface area (Å²) in [6.45, 7) is 2.97. The Hall–Kier alpha value is -4.02. The predicted octanol–water partition coefficient (Wildman–Crippen LogP) is 3.02. The largest absolute Gasteiger partial charge is 0.379 e. The minimum absolute atomic E-state index is 0.0645. The minimum atomic E-state index is -1.02. The quantitative estimate of drug-likeness (QED) is 0.363. The van der Waals surface area contributed by atoms with Gasteiger partial charge in [0.25, 0.3) is 5.91 Å². The molecule has 1 fully saturated rings. The lowest BCUT2D eigenvalue weighted by Gasteiger charge is -2.35. The Balaban J connectivity index is 1.34. The van der Waals surface area contributed by atoms with Crippen molar-refractivity contribution in [2.45, 2.75) is 18.4 Å². The van der Waals surface area contributed by atoms with Gasteiger partial charge in [-0.3, -0.25) is 14.8 Å². The first-order valence-electron chi connectivity index (χ1n) is 11.5. The highest BCUT2D eigenvalue weighted by Crippen LogP contribution is 2.30. The standard InChI is InChI=1S/C26H25FN6O3/c1-15(17-4-5-19(27)23-18(25(34)28-2)7-8-29-24(17)23)10-31-22-9-20(32-14-33-22)16-3-6-21(30-11-16)26(35)12-36-13-26/h3-9,11,14-15,35H,10,12-13H2,1-2H3,(H,28,34)(H,31,32,33). The molecule has 1 saturated heterocycles. The van der Waals surface area contributed by atoms with E-state index in [2.05, 4.69) is 30.6 Å². The molecule has 1 amide bonds. The highest BCUT2D eigenvalue weighted by atomic mass is 19.1. The van der Waals surface area contributed by atoms with Crippen LogP contribution in [0.25, 0.3) is 22.2 Å². The van der Waals surface area contributed by atoms with E-state index in [1.54, 1.807) is 18.3 Å². The molecular formula is C26H25FN6O3. The monoisotopic (exact) mass is 488 g/mol. The highest BCUT2D eigenvalue weighted by molar-refractivity contribution is 6.06. The number of nitrogens with one attached hydrogen (secondary N) is 2. The SMILES string of the molecule is CNC(=O)c1ccnc2c(C(C)CNc3cc(-c4ccc(C5(O)COC5)nc4)ncn3)ccc(F)c12. The van der Waals surface area contributed by atoms with E-state index in [1.807, 2.05) is 19.1 Å². The molecule has 1 atom stereocenters. The lowest BCUT2D eigenvalue weighted by molar-refractivity contribution is -0.186. The number of carbonyl (C=O) groups excluding carboxylic acids is 1. The molecule has 1 unspecified atom stereocenters. The number of aromatic nitrogens is 4. The molecule has 3 N–H and O–H groups in total. The number of aliphatic hydroxyl groups is 1. The van der Waals surface area contributed by atoms with Crippen molar-refractivity contribution >= 4 is 22.6 Å². The van der Waals surface area contributed by atoms with E-state index in [-0.39, 0.29) is 36.0 Å². The molecule has 0 saturated carbocycles. The molecule has 0 bridgehead atoms. The van der Waals surface area contributed by atoms with Crippen molar-refractivity contribution < 1.29 is 19.0 Å². The van der Waals surface area contributed by atoms with Crippen LogP contribution in [0.15, 0.2) is 55.1 Å². The van der Waals surface area contributed by atoms with Crippen molar-refractivity contribution in [2.75, 3.05) is 32.1 Å². The Labute approximate surface area is 206 Å². The van der Waals surface area contributed by atoms with Crippen LogP contribution in [-0.4, -0.2) is 57.8 Å². The fourth-order valence-corrected chi connectivity index (χ4v) is 4.21. The minimum Gasteiger partial charge on any atom is -0.379 e. The van der Waals surface area contributed by atoms with Gasteiger partial charge in [-0.25, -0.2) is 14.4 Å². The van der Waals surface area contributed by atoms with E-state index in [1.165, 1.54) is 31.7 Å². The average Bonchev–Trinajstić information content (AvgIpc) is 2.90. The maximum absolute atomic E-state index is 14.7. The predicted molar refractivity (Wildman–Crippen MR) is 132 cm³/mol. The zero-order valence-corrected chi connectivity index (χ0v) is 19.8. The van der Waals surface area contributed by atoms with Crippen LogP contribution in [0.1, 0.15) is 34.5 Å². The van der Waals surface area contributed by atoms with Gasteiger partial charge < -0.3 is 20.5 Å². The summed E-state index contributed by atoms with van der Waals surface area (Å²) in [6, 6.07) is 10.0. The number of rotatable bonds is 7. The Kier molecular flexibility index (Phi) is 6.29. The second-order valence-electron chi connectivity index (χ2n) is 8.82. The molecule has 0 radical (unpaired) electrons. The molecule has 0 aliphatic carbocycles. The second kappa shape index (κ2) is 9.56. The van der Waals surface area contributed by atoms with E-state index < -0.39 is 11.4 Å². The number of hydrogen-bond acceptors (Lipinski definition) is 8. The molecule has 1 aliphatic heterocycles. The summed E-state index contributed by atoms with van der Waals surface area (Å²) >= 11 is 0. The van der Waals surface area contributed by atoms with Gasteiger partial charge in [0.2, 0.25) is 0 Å². The molecule has 1 aromatic carbocycles. The Morgan fingerprint density at radius 1 is 1.17 bits per heavy atom. The van der Waals surface area contributed by atoms with Crippen LogP contribution in [0.2, 0.25) is 0 Å². The van der Waals surface area contributed by atoms with Gasteiger partial charge in [-0.05, 0) is 29.8 Å². The van der Waals surface area contributed by atoms with Crippen molar-refractivity contribution in [1.82, 2.24) is 25.3 Å². The summed E-state index contributed by atoms with van der Waals surface area (Å²) in [5, 5.41) is 16.4. The van der Waals surface area contributed by atoms with Gasteiger partial charge in [0.05, 0.1) is 35.7 Å². The highest BCUT2D eigenvalue weighted by Gasteiger charge is 2.39. The molecule has 0 spiro atoms. The molecule has 36 heavy (non-hydrogen) atoms. The number of amides is 1. The van der Waals surface area contributed by atoms with E-state index in [9.17, 15) is 14.3 Å². The van der Waals surface area contributed by atoms with Gasteiger partial charge in [0.15, 0.2) is 5.60 Å². The lowest BCUT2D eigenvalue weighted by Crippen LogP contribution is -2.47. The van der Waals surface area contributed by atoms with Crippen molar-refractivity contribution in [1.29, 1.82) is 0 Å². The molecule has 4 heterocycles. The van der Waals surface area contributed by atoms with Crippen molar-refractivity contribution in [3.05, 3.63) is 77.8 Å². The number of ether oxygens (including phenoxy) is 1. The van der Waals surface area contributed by atoms with Crippen LogP contribution >= 0.6 is 0 Å². The number of pyridine rings is 2. The molecule has 184 valence electrons. The molecule has 1 aliphatic rings. The topological polar surface area (TPSA) is 122 Å². The fraction of sp³-hybridized carbons (Fsp3) is 0.269. The summed E-state index contributed by atoms with van der Waals surface area (Å²) in [6.07, 6.45) is 4.65. The number of halogens is 1. The number of hydrogen-bond donors (Lipinski definition) is 3. The lowest BCUT2D eigenvalue weighted by atomic mass is 9.95. The average molecular weight is 489 g/mol. The van der Waals surface area contributed by atoms with Crippen LogP contribution < -0.4 is 10.6 Å². The Bertz CT molecular complexity index is 1430. The van der Waals surface area contributed by atoms with Crippen LogP contribution in [0.4, 0.5) is 10.2 Å². The molecule has 5 rings (SSSR count). The number of fused-ring (bicyclic) bond motifs is 1. The van der Waals surface area contributed by atoms with E-state index in [4.69, 9.17) is 4.74 Å². The van der Waals surface area contributed by atoms with Crippen molar-refractivity contribution in [3.63, 3.8) is 0 Å². The number of carbonyl (C=O) groups is 1. The first-order valence-corrected chi connectivity index (χ1v) is 11.5. The third-order valence-corrected chi connectivity index (χ3v) is 6.35. The number of nitrogens with zero attached hydrogens (tertiary/aromatic N) is 4. The van der Waals surface area contributed by atoms with Crippen LogP contribution in [0.5, 0.6) is 0 Å². The van der Waals surface area contributed by atoms with Gasteiger partial charge in [0.1, 0.15) is 18.0 Å². The molecule has 10 heteroatoms.